The fraction of sp³-hybridized carbons (Fsp3) is 0.615. The molecule has 0 aliphatic carbocycles. The van der Waals surface area contributed by atoms with Crippen LogP contribution in [0, 0.1) is 5.92 Å². The fourth-order valence-corrected chi connectivity index (χ4v) is 1.74. The van der Waals surface area contributed by atoms with Gasteiger partial charge in [0.15, 0.2) is 0 Å². The van der Waals surface area contributed by atoms with Gasteiger partial charge in [0.05, 0.1) is 23.2 Å². The largest absolute Gasteiger partial charge is 0.417 e. The Labute approximate surface area is 121 Å². The molecule has 1 unspecified atom stereocenters. The van der Waals surface area contributed by atoms with Gasteiger partial charge in [0.2, 0.25) is 0 Å². The zero-order valence-corrected chi connectivity index (χ0v) is 12.3. The van der Waals surface area contributed by atoms with Gasteiger partial charge < -0.3 is 10.1 Å². The van der Waals surface area contributed by atoms with Crippen LogP contribution in [-0.2, 0) is 10.9 Å². The van der Waals surface area contributed by atoms with Crippen molar-refractivity contribution < 1.29 is 17.9 Å². The van der Waals surface area contributed by atoms with E-state index in [0.717, 1.165) is 12.3 Å². The molecule has 0 spiro atoms. The number of hydrogen-bond donors (Lipinski definition) is 1. The van der Waals surface area contributed by atoms with Crippen molar-refractivity contribution in [1.29, 1.82) is 0 Å². The lowest BCUT2D eigenvalue weighted by atomic mass is 10.1. The number of anilines is 1. The highest BCUT2D eigenvalue weighted by Gasteiger charge is 2.31. The summed E-state index contributed by atoms with van der Waals surface area (Å²) in [5.41, 5.74) is -0.862. The van der Waals surface area contributed by atoms with E-state index in [1.54, 1.807) is 0 Å². The number of aromatic nitrogens is 1. The number of nitrogens with one attached hydrogen (secondary N) is 1. The number of rotatable bonds is 6. The molecule has 1 heterocycles. The maximum absolute atomic E-state index is 12.5. The Morgan fingerprint density at radius 2 is 2.05 bits per heavy atom. The van der Waals surface area contributed by atoms with Crippen molar-refractivity contribution in [3.05, 3.63) is 22.8 Å². The highest BCUT2D eigenvalue weighted by atomic mass is 35.5. The van der Waals surface area contributed by atoms with E-state index in [4.69, 9.17) is 16.3 Å². The molecule has 3 nitrogen and oxygen atoms in total. The molecule has 0 saturated heterocycles. The molecule has 1 aromatic rings. The first-order chi connectivity index (χ1) is 9.25. The fourth-order valence-electron chi connectivity index (χ4n) is 1.52. The van der Waals surface area contributed by atoms with Crippen LogP contribution < -0.4 is 5.32 Å². The van der Waals surface area contributed by atoms with E-state index in [9.17, 15) is 13.2 Å². The summed E-state index contributed by atoms with van der Waals surface area (Å²) in [6.45, 7) is 6.84. The minimum atomic E-state index is -4.45. The summed E-state index contributed by atoms with van der Waals surface area (Å²) in [5, 5.41) is 2.97. The topological polar surface area (TPSA) is 34.1 Å². The average molecular weight is 311 g/mol. The number of pyridine rings is 1. The molecule has 7 heteroatoms. The third-order valence-corrected chi connectivity index (χ3v) is 3.09. The molecule has 1 N–H and O–H groups in total. The smallest absolute Gasteiger partial charge is 0.380 e. The third-order valence-electron chi connectivity index (χ3n) is 2.80. The lowest BCUT2D eigenvalue weighted by molar-refractivity contribution is -0.137. The van der Waals surface area contributed by atoms with Crippen LogP contribution in [0.1, 0.15) is 26.3 Å². The third kappa shape index (κ3) is 4.83. The molecule has 0 saturated carbocycles. The second-order valence-electron chi connectivity index (χ2n) is 4.71. The molecule has 20 heavy (non-hydrogen) atoms. The molecule has 0 bridgehead atoms. The Balaban J connectivity index is 2.86. The van der Waals surface area contributed by atoms with Crippen LogP contribution in [0.5, 0.6) is 0 Å². The summed E-state index contributed by atoms with van der Waals surface area (Å²) in [6.07, 6.45) is -3.68. The van der Waals surface area contributed by atoms with Gasteiger partial charge in [0, 0.05) is 12.8 Å². The van der Waals surface area contributed by atoms with Gasteiger partial charge in [0.25, 0.3) is 0 Å². The zero-order chi connectivity index (χ0) is 15.3. The summed E-state index contributed by atoms with van der Waals surface area (Å²) >= 11 is 5.85. The first-order valence-electron chi connectivity index (χ1n) is 6.32. The molecule has 1 aromatic heterocycles. The highest BCUT2D eigenvalue weighted by molar-refractivity contribution is 6.33. The van der Waals surface area contributed by atoms with Crippen LogP contribution in [0.4, 0.5) is 19.0 Å². The summed E-state index contributed by atoms with van der Waals surface area (Å²) in [6, 6.07) is 0.797. The van der Waals surface area contributed by atoms with Crippen LogP contribution >= 0.6 is 11.6 Å². The van der Waals surface area contributed by atoms with Crippen molar-refractivity contribution in [1.82, 2.24) is 4.98 Å². The van der Waals surface area contributed by atoms with E-state index in [1.807, 2.05) is 20.8 Å². The maximum Gasteiger partial charge on any atom is 0.417 e. The molecule has 0 radical (unpaired) electrons. The van der Waals surface area contributed by atoms with Gasteiger partial charge in [-0.1, -0.05) is 25.4 Å². The predicted molar refractivity (Wildman–Crippen MR) is 73.0 cm³/mol. The lowest BCUT2D eigenvalue weighted by Gasteiger charge is -2.23. The van der Waals surface area contributed by atoms with Crippen LogP contribution in [0.2, 0.25) is 5.02 Å². The number of nitrogens with zero attached hydrogens (tertiary/aromatic N) is 1. The Kier molecular flexibility index (Phi) is 6.07. The van der Waals surface area contributed by atoms with E-state index in [1.165, 1.54) is 0 Å². The first-order valence-corrected chi connectivity index (χ1v) is 6.70. The molecule has 0 aliphatic heterocycles. The summed E-state index contributed by atoms with van der Waals surface area (Å²) in [4.78, 5) is 3.76. The number of hydrogen-bond acceptors (Lipinski definition) is 3. The molecular weight excluding hydrogens is 293 g/mol. The highest BCUT2D eigenvalue weighted by Crippen LogP contribution is 2.32. The zero-order valence-electron chi connectivity index (χ0n) is 11.6. The van der Waals surface area contributed by atoms with Crippen molar-refractivity contribution >= 4 is 17.4 Å². The van der Waals surface area contributed by atoms with Gasteiger partial charge in [-0.3, -0.25) is 0 Å². The molecule has 0 aliphatic rings. The van der Waals surface area contributed by atoms with Gasteiger partial charge >= 0.3 is 6.18 Å². The van der Waals surface area contributed by atoms with Gasteiger partial charge in [0.1, 0.15) is 5.82 Å². The minimum absolute atomic E-state index is 0.0537. The van der Waals surface area contributed by atoms with E-state index in [2.05, 4.69) is 10.3 Å². The Morgan fingerprint density at radius 3 is 2.50 bits per heavy atom. The minimum Gasteiger partial charge on any atom is -0.380 e. The number of ether oxygens (including phenoxy) is 1. The number of halogens is 4. The van der Waals surface area contributed by atoms with Gasteiger partial charge in [-0.25, -0.2) is 4.98 Å². The van der Waals surface area contributed by atoms with E-state index >= 15 is 0 Å². The Morgan fingerprint density at radius 1 is 1.40 bits per heavy atom. The Hall–Kier alpha value is -1.01. The second kappa shape index (κ2) is 7.13. The number of alkyl halides is 3. The molecule has 0 fully saturated rings. The normalized spacial score (nSPS) is 13.6. The molecule has 1 rings (SSSR count). The quantitative estimate of drug-likeness (QED) is 0.854. The lowest BCUT2D eigenvalue weighted by Crippen LogP contribution is -2.31. The van der Waals surface area contributed by atoms with Crippen LogP contribution in [0.25, 0.3) is 0 Å². The standard InChI is InChI=1S/C13H18ClF3N2O/c1-4-20-7-11(8(2)3)19-12-10(14)5-9(6-18-12)13(15,16)17/h5-6,8,11H,4,7H2,1-3H3,(H,18,19). The van der Waals surface area contributed by atoms with E-state index < -0.39 is 11.7 Å². The Bertz CT molecular complexity index is 438. The summed E-state index contributed by atoms with van der Waals surface area (Å²) < 4.78 is 42.9. The van der Waals surface area contributed by atoms with Crippen LogP contribution in [0.15, 0.2) is 12.3 Å². The van der Waals surface area contributed by atoms with Crippen molar-refractivity contribution in [3.8, 4) is 0 Å². The summed E-state index contributed by atoms with van der Waals surface area (Å²) in [5.74, 6) is 0.458. The molecule has 0 amide bonds. The molecule has 1 atom stereocenters. The SMILES string of the molecule is CCOCC(Nc1ncc(C(F)(F)F)cc1Cl)C(C)C. The molecular formula is C13H18ClF3N2O. The van der Waals surface area contributed by atoms with Gasteiger partial charge in [-0.15, -0.1) is 0 Å². The monoisotopic (exact) mass is 310 g/mol. The molecule has 114 valence electrons. The van der Waals surface area contributed by atoms with Gasteiger partial charge in [-0.2, -0.15) is 13.2 Å². The second-order valence-corrected chi connectivity index (χ2v) is 5.11. The van der Waals surface area contributed by atoms with E-state index in [-0.39, 0.29) is 22.8 Å². The average Bonchev–Trinajstić information content (AvgIpc) is 2.34. The maximum atomic E-state index is 12.5. The van der Waals surface area contributed by atoms with Crippen molar-refractivity contribution in [2.45, 2.75) is 33.0 Å². The molecule has 0 aromatic carbocycles. The van der Waals surface area contributed by atoms with Crippen LogP contribution in [0.3, 0.4) is 0 Å². The summed E-state index contributed by atoms with van der Waals surface area (Å²) in [7, 11) is 0. The predicted octanol–water partition coefficient (Wildman–Crippen LogP) is 4.23. The first kappa shape index (κ1) is 17.0. The van der Waals surface area contributed by atoms with Crippen molar-refractivity contribution in [2.75, 3.05) is 18.5 Å². The van der Waals surface area contributed by atoms with E-state index in [0.29, 0.717) is 13.2 Å². The van der Waals surface area contributed by atoms with Crippen LogP contribution in [-0.4, -0.2) is 24.2 Å². The van der Waals surface area contributed by atoms with Crippen molar-refractivity contribution in [2.24, 2.45) is 5.92 Å². The van der Waals surface area contributed by atoms with Gasteiger partial charge in [-0.05, 0) is 18.9 Å². The van der Waals surface area contributed by atoms with Crippen molar-refractivity contribution in [3.63, 3.8) is 0 Å².